The molecule has 1 aromatic carbocycles. The summed E-state index contributed by atoms with van der Waals surface area (Å²) in [6.07, 6.45) is 0. The fourth-order valence-corrected chi connectivity index (χ4v) is 4.15. The molecule has 9 nitrogen and oxygen atoms in total. The zero-order valence-electron chi connectivity index (χ0n) is 17.8. The van der Waals surface area contributed by atoms with Gasteiger partial charge in [0.15, 0.2) is 0 Å². The lowest BCUT2D eigenvalue weighted by Gasteiger charge is -2.31. The molecule has 31 heavy (non-hydrogen) atoms. The van der Waals surface area contributed by atoms with Gasteiger partial charge < -0.3 is 20.5 Å². The van der Waals surface area contributed by atoms with Crippen LogP contribution < -0.4 is 11.1 Å². The number of allylic oxidation sites excluding steroid dienone is 1. The number of hydrogen-bond donors (Lipinski definition) is 2. The molecule has 1 atom stereocenters. The van der Waals surface area contributed by atoms with E-state index >= 15 is 0 Å². The van der Waals surface area contributed by atoms with Crippen LogP contribution in [0.15, 0.2) is 46.8 Å². The Hall–Kier alpha value is -2.85. The van der Waals surface area contributed by atoms with Crippen LogP contribution in [0, 0.1) is 10.1 Å². The molecule has 1 aliphatic rings. The number of dihydropyridines is 1. The van der Waals surface area contributed by atoms with Crippen LogP contribution in [0.4, 0.5) is 5.69 Å². The molecule has 0 aliphatic carbocycles. The Kier molecular flexibility index (Phi) is 9.07. The second-order valence-corrected chi connectivity index (χ2v) is 7.69. The highest BCUT2D eigenvalue weighted by Crippen LogP contribution is 2.43. The van der Waals surface area contributed by atoms with E-state index in [2.05, 4.69) is 5.32 Å². The molecule has 1 aromatic rings. The van der Waals surface area contributed by atoms with Crippen molar-refractivity contribution in [3.05, 3.63) is 62.5 Å². The smallest absolute Gasteiger partial charge is 0.336 e. The van der Waals surface area contributed by atoms with Crippen LogP contribution in [0.5, 0.6) is 0 Å². The zero-order chi connectivity index (χ0) is 23.0. The van der Waals surface area contributed by atoms with Gasteiger partial charge in [-0.2, -0.15) is 11.8 Å². The first kappa shape index (κ1) is 24.4. The van der Waals surface area contributed by atoms with Crippen molar-refractivity contribution in [2.75, 3.05) is 31.3 Å². The fraction of sp³-hybridized carbons (Fsp3) is 0.429. The number of carbonyl (C=O) groups is 2. The summed E-state index contributed by atoms with van der Waals surface area (Å²) in [6, 6.07) is 6.06. The normalized spacial score (nSPS) is 16.1. The van der Waals surface area contributed by atoms with Crippen LogP contribution >= 0.6 is 11.8 Å². The molecule has 3 N–H and O–H groups in total. The minimum atomic E-state index is -1.01. The van der Waals surface area contributed by atoms with Gasteiger partial charge in [0.25, 0.3) is 5.69 Å². The first-order chi connectivity index (χ1) is 14.9. The van der Waals surface area contributed by atoms with Gasteiger partial charge in [0, 0.05) is 41.1 Å². The molecule has 1 heterocycles. The molecule has 0 radical (unpaired) electrons. The van der Waals surface area contributed by atoms with Gasteiger partial charge in [-0.1, -0.05) is 18.2 Å². The summed E-state index contributed by atoms with van der Waals surface area (Å²) < 4.78 is 10.5. The first-order valence-electron chi connectivity index (χ1n) is 9.93. The molecule has 0 aromatic heterocycles. The van der Waals surface area contributed by atoms with E-state index in [4.69, 9.17) is 15.2 Å². The number of benzene rings is 1. The predicted molar refractivity (Wildman–Crippen MR) is 118 cm³/mol. The molecular weight excluding hydrogens is 422 g/mol. The second-order valence-electron chi connectivity index (χ2n) is 6.59. The molecule has 1 unspecified atom stereocenters. The van der Waals surface area contributed by atoms with Gasteiger partial charge in [0.1, 0.15) is 0 Å². The van der Waals surface area contributed by atoms with Crippen LogP contribution in [0.2, 0.25) is 0 Å². The quantitative estimate of drug-likeness (QED) is 0.239. The number of thioether (sulfide) groups is 1. The van der Waals surface area contributed by atoms with Crippen molar-refractivity contribution in [2.24, 2.45) is 5.73 Å². The standard InChI is InChI=1S/C21H27N3O6S/c1-4-29-20(25)17-13(3)23-15(12-31-11-10-22)19(21(26)30-5-2)18(17)14-8-6-7-9-16(14)24(27)28/h6-9,18,23H,4-5,10-12,22H2,1-3H3. The monoisotopic (exact) mass is 449 g/mol. The maximum absolute atomic E-state index is 13.0. The Morgan fingerprint density at radius 3 is 2.35 bits per heavy atom. The molecule has 168 valence electrons. The Bertz CT molecular complexity index is 912. The number of nitrogens with zero attached hydrogens (tertiary/aromatic N) is 1. The first-order valence-corrected chi connectivity index (χ1v) is 11.1. The SMILES string of the molecule is CCOC(=O)C1=C(C)NC(CSCCN)=C(C(=O)OCC)C1c1ccccc1[N+](=O)[O-]. The lowest BCUT2D eigenvalue weighted by molar-refractivity contribution is -0.385. The Morgan fingerprint density at radius 1 is 1.16 bits per heavy atom. The second kappa shape index (κ2) is 11.5. The van der Waals surface area contributed by atoms with Crippen molar-refractivity contribution in [3.8, 4) is 0 Å². The summed E-state index contributed by atoms with van der Waals surface area (Å²) in [5.41, 5.74) is 6.92. The van der Waals surface area contributed by atoms with E-state index in [9.17, 15) is 19.7 Å². The third-order valence-corrected chi connectivity index (χ3v) is 5.61. The third kappa shape index (κ3) is 5.65. The Morgan fingerprint density at radius 2 is 1.77 bits per heavy atom. The van der Waals surface area contributed by atoms with Gasteiger partial charge in [-0.25, -0.2) is 9.59 Å². The van der Waals surface area contributed by atoms with Crippen LogP contribution in [0.1, 0.15) is 32.3 Å². The molecule has 1 aliphatic heterocycles. The minimum absolute atomic E-state index is 0.118. The number of ether oxygens (including phenoxy) is 2. The lowest BCUT2D eigenvalue weighted by atomic mass is 9.79. The predicted octanol–water partition coefficient (Wildman–Crippen LogP) is 2.63. The van der Waals surface area contributed by atoms with E-state index in [0.29, 0.717) is 29.4 Å². The highest BCUT2D eigenvalue weighted by molar-refractivity contribution is 7.99. The van der Waals surface area contributed by atoms with E-state index in [1.165, 1.54) is 23.9 Å². The number of rotatable bonds is 10. The van der Waals surface area contributed by atoms with Crippen molar-refractivity contribution >= 4 is 29.4 Å². The number of hydrogen-bond acceptors (Lipinski definition) is 9. The molecule has 0 amide bonds. The topological polar surface area (TPSA) is 134 Å². The summed E-state index contributed by atoms with van der Waals surface area (Å²) >= 11 is 1.50. The number of nitro benzene ring substituents is 1. The van der Waals surface area contributed by atoms with Crippen LogP contribution in [-0.2, 0) is 19.1 Å². The van der Waals surface area contributed by atoms with Gasteiger partial charge in [-0.15, -0.1) is 0 Å². The maximum Gasteiger partial charge on any atom is 0.336 e. The maximum atomic E-state index is 13.0. The molecule has 0 saturated carbocycles. The Balaban J connectivity index is 2.76. The zero-order valence-corrected chi connectivity index (χ0v) is 18.6. The highest BCUT2D eigenvalue weighted by Gasteiger charge is 2.41. The molecule has 10 heteroatoms. The minimum Gasteiger partial charge on any atom is -0.463 e. The number of para-hydroxylation sites is 1. The van der Waals surface area contributed by atoms with Crippen molar-refractivity contribution in [1.82, 2.24) is 5.32 Å². The van der Waals surface area contributed by atoms with E-state index in [-0.39, 0.29) is 35.6 Å². The summed E-state index contributed by atoms with van der Waals surface area (Å²) in [7, 11) is 0. The summed E-state index contributed by atoms with van der Waals surface area (Å²) in [4.78, 5) is 37.1. The van der Waals surface area contributed by atoms with E-state index < -0.39 is 22.8 Å². The van der Waals surface area contributed by atoms with Gasteiger partial charge in [0.2, 0.25) is 0 Å². The Labute approximate surface area is 185 Å². The molecule has 0 saturated heterocycles. The van der Waals surface area contributed by atoms with Crippen LogP contribution in [0.25, 0.3) is 0 Å². The van der Waals surface area contributed by atoms with Crippen molar-refractivity contribution in [2.45, 2.75) is 26.7 Å². The van der Waals surface area contributed by atoms with Crippen LogP contribution in [-0.4, -0.2) is 48.1 Å². The summed E-state index contributed by atoms with van der Waals surface area (Å²) in [5.74, 6) is -1.24. The molecule has 0 fully saturated rings. The third-order valence-electron chi connectivity index (χ3n) is 4.59. The van der Waals surface area contributed by atoms with Gasteiger partial charge in [0.05, 0.1) is 35.2 Å². The number of nitrogens with two attached hydrogens (primary N) is 1. The molecule has 0 spiro atoms. The van der Waals surface area contributed by atoms with Crippen molar-refractivity contribution < 1.29 is 24.0 Å². The fourth-order valence-electron chi connectivity index (χ4n) is 3.41. The van der Waals surface area contributed by atoms with E-state index in [1.54, 1.807) is 32.9 Å². The number of nitro groups is 1. The summed E-state index contributed by atoms with van der Waals surface area (Å²) in [6.45, 7) is 5.72. The largest absolute Gasteiger partial charge is 0.463 e. The average molecular weight is 450 g/mol. The molecule has 0 bridgehead atoms. The van der Waals surface area contributed by atoms with E-state index in [0.717, 1.165) is 0 Å². The van der Waals surface area contributed by atoms with Gasteiger partial charge in [-0.05, 0) is 20.8 Å². The summed E-state index contributed by atoms with van der Waals surface area (Å²) in [5, 5.41) is 14.9. The van der Waals surface area contributed by atoms with Gasteiger partial charge in [-0.3, -0.25) is 10.1 Å². The van der Waals surface area contributed by atoms with Gasteiger partial charge >= 0.3 is 11.9 Å². The number of carbonyl (C=O) groups excluding carboxylic acids is 2. The molecule has 2 rings (SSSR count). The highest BCUT2D eigenvalue weighted by atomic mass is 32.2. The molecular formula is C21H27N3O6S. The van der Waals surface area contributed by atoms with Crippen LogP contribution in [0.3, 0.4) is 0 Å². The van der Waals surface area contributed by atoms with E-state index in [1.807, 2.05) is 0 Å². The van der Waals surface area contributed by atoms with Crippen molar-refractivity contribution in [1.29, 1.82) is 0 Å². The number of nitrogens with one attached hydrogen (secondary N) is 1. The number of esters is 2. The lowest BCUT2D eigenvalue weighted by Crippen LogP contribution is -2.34. The average Bonchev–Trinajstić information content (AvgIpc) is 2.73. The van der Waals surface area contributed by atoms with Crippen molar-refractivity contribution in [3.63, 3.8) is 0 Å².